The van der Waals surface area contributed by atoms with Gasteiger partial charge in [-0.2, -0.15) is 0 Å². The number of carbonyl (C=O) groups excluding carboxylic acids is 2. The Morgan fingerprint density at radius 1 is 1.21 bits per heavy atom. The van der Waals surface area contributed by atoms with Gasteiger partial charge in [-0.05, 0) is 31.2 Å². The van der Waals surface area contributed by atoms with Crippen molar-refractivity contribution in [2.24, 2.45) is 0 Å². The van der Waals surface area contributed by atoms with Crippen molar-refractivity contribution in [2.75, 3.05) is 11.9 Å². The Kier molecular flexibility index (Phi) is 4.82. The van der Waals surface area contributed by atoms with E-state index < -0.39 is 11.9 Å². The number of hydrogen-bond donors (Lipinski definition) is 1. The number of nitrogens with zero attached hydrogens (tertiary/aromatic N) is 3. The molecule has 0 radical (unpaired) electrons. The maximum absolute atomic E-state index is 12.8. The highest BCUT2D eigenvalue weighted by Crippen LogP contribution is 2.31. The summed E-state index contributed by atoms with van der Waals surface area (Å²) < 4.78 is 12.1. The smallest absolute Gasteiger partial charge is 0.344 e. The number of fused-ring (bicyclic) bond motifs is 2. The minimum absolute atomic E-state index is 0.112. The fraction of sp³-hybridized carbons (Fsp3) is 0.143. The van der Waals surface area contributed by atoms with E-state index in [0.29, 0.717) is 28.7 Å². The van der Waals surface area contributed by atoms with Crippen LogP contribution in [-0.2, 0) is 11.3 Å². The molecule has 0 saturated carbocycles. The Bertz CT molecular complexity index is 1220. The van der Waals surface area contributed by atoms with Gasteiger partial charge in [0.2, 0.25) is 0 Å². The molecule has 0 aliphatic carbocycles. The number of benzene rings is 1. The van der Waals surface area contributed by atoms with Gasteiger partial charge in [0.1, 0.15) is 16.9 Å². The van der Waals surface area contributed by atoms with Crippen LogP contribution in [0.3, 0.4) is 0 Å². The zero-order chi connectivity index (χ0) is 20.4. The molecule has 4 rings (SSSR count). The molecule has 8 heteroatoms. The van der Waals surface area contributed by atoms with E-state index in [2.05, 4.69) is 21.9 Å². The summed E-state index contributed by atoms with van der Waals surface area (Å²) in [6.45, 7) is 5.96. The molecule has 0 saturated heterocycles. The summed E-state index contributed by atoms with van der Waals surface area (Å²) in [6.07, 6.45) is 3.05. The molecule has 0 bridgehead atoms. The first-order valence-corrected chi connectivity index (χ1v) is 9.06. The Morgan fingerprint density at radius 3 is 2.62 bits per heavy atom. The summed E-state index contributed by atoms with van der Waals surface area (Å²) in [7, 11) is 0. The number of ether oxygens (including phenoxy) is 1. The van der Waals surface area contributed by atoms with Crippen molar-refractivity contribution >= 4 is 39.9 Å². The summed E-state index contributed by atoms with van der Waals surface area (Å²) in [5, 5.41) is 2.75. The molecule has 1 N–H and O–H groups in total. The highest BCUT2D eigenvalue weighted by atomic mass is 16.5. The predicted octanol–water partition coefficient (Wildman–Crippen LogP) is 3.79. The summed E-state index contributed by atoms with van der Waals surface area (Å²) in [6, 6.07) is 10.5. The van der Waals surface area contributed by atoms with Gasteiger partial charge >= 0.3 is 5.97 Å². The second kappa shape index (κ2) is 7.59. The molecule has 0 fully saturated rings. The van der Waals surface area contributed by atoms with E-state index in [1.807, 2.05) is 24.3 Å². The molecule has 3 aromatic heterocycles. The van der Waals surface area contributed by atoms with E-state index in [9.17, 15) is 9.59 Å². The molecule has 0 aliphatic rings. The molecular weight excluding hydrogens is 372 g/mol. The third kappa shape index (κ3) is 3.25. The molecule has 0 spiro atoms. The number of esters is 1. The number of allylic oxidation sites excluding steroid dienone is 1. The lowest BCUT2D eigenvalue weighted by Crippen LogP contribution is -2.17. The largest absolute Gasteiger partial charge is 0.462 e. The van der Waals surface area contributed by atoms with E-state index >= 15 is 0 Å². The van der Waals surface area contributed by atoms with Gasteiger partial charge in [0, 0.05) is 6.54 Å². The number of para-hydroxylation sites is 2. The molecule has 1 amide bonds. The first-order valence-electron chi connectivity index (χ1n) is 9.06. The molecule has 29 heavy (non-hydrogen) atoms. The standard InChI is InChI=1S/C21H18N4O4/c1-3-11-25-18(24-20(26)15-10-7-12-29-15)16(21(27)28-4-2)17-19(25)23-14-9-6-5-8-13(14)22-17/h3,5-10,12H,1,4,11H2,2H3,(H,24,26). The number of hydrogen-bond acceptors (Lipinski definition) is 6. The number of carbonyl (C=O) groups is 2. The van der Waals surface area contributed by atoms with Crippen molar-refractivity contribution in [1.29, 1.82) is 0 Å². The zero-order valence-electron chi connectivity index (χ0n) is 15.7. The van der Waals surface area contributed by atoms with E-state index in [0.717, 1.165) is 0 Å². The molecule has 146 valence electrons. The normalized spacial score (nSPS) is 10.9. The average Bonchev–Trinajstić information content (AvgIpc) is 3.34. The number of nitrogens with one attached hydrogen (secondary N) is 1. The highest BCUT2D eigenvalue weighted by molar-refractivity contribution is 6.13. The van der Waals surface area contributed by atoms with Crippen molar-refractivity contribution in [3.8, 4) is 0 Å². The van der Waals surface area contributed by atoms with Crippen molar-refractivity contribution in [1.82, 2.24) is 14.5 Å². The van der Waals surface area contributed by atoms with E-state index in [1.54, 1.807) is 23.6 Å². The van der Waals surface area contributed by atoms with Crippen LogP contribution in [0.1, 0.15) is 27.8 Å². The number of aromatic nitrogens is 3. The molecule has 4 aromatic rings. The average molecular weight is 390 g/mol. The van der Waals surface area contributed by atoms with E-state index in [1.165, 1.54) is 12.3 Å². The molecular formula is C21H18N4O4. The molecule has 0 atom stereocenters. The van der Waals surface area contributed by atoms with Crippen molar-refractivity contribution in [3.05, 3.63) is 66.6 Å². The monoisotopic (exact) mass is 390 g/mol. The van der Waals surface area contributed by atoms with Crippen LogP contribution in [0.4, 0.5) is 5.82 Å². The Balaban J connectivity index is 1.99. The van der Waals surface area contributed by atoms with Crippen LogP contribution in [-0.4, -0.2) is 33.0 Å². The fourth-order valence-electron chi connectivity index (χ4n) is 3.11. The van der Waals surface area contributed by atoms with Gasteiger partial charge in [-0.3, -0.25) is 4.79 Å². The predicted molar refractivity (Wildman–Crippen MR) is 108 cm³/mol. The lowest BCUT2D eigenvalue weighted by molar-refractivity contribution is 0.0529. The zero-order valence-corrected chi connectivity index (χ0v) is 15.7. The lowest BCUT2D eigenvalue weighted by Gasteiger charge is -2.10. The molecule has 8 nitrogen and oxygen atoms in total. The van der Waals surface area contributed by atoms with Crippen molar-refractivity contribution < 1.29 is 18.7 Å². The van der Waals surface area contributed by atoms with Gasteiger partial charge in [-0.25, -0.2) is 14.8 Å². The number of anilines is 1. The maximum atomic E-state index is 12.8. The topological polar surface area (TPSA) is 99.3 Å². The summed E-state index contributed by atoms with van der Waals surface area (Å²) >= 11 is 0. The van der Waals surface area contributed by atoms with Crippen LogP contribution in [0.25, 0.3) is 22.2 Å². The maximum Gasteiger partial charge on any atom is 0.344 e. The van der Waals surface area contributed by atoms with Crippen LogP contribution in [0.2, 0.25) is 0 Å². The van der Waals surface area contributed by atoms with E-state index in [-0.39, 0.29) is 23.7 Å². The van der Waals surface area contributed by atoms with E-state index in [4.69, 9.17) is 9.15 Å². The second-order valence-corrected chi connectivity index (χ2v) is 6.16. The Hall–Kier alpha value is -3.94. The third-order valence-electron chi connectivity index (χ3n) is 4.32. The summed E-state index contributed by atoms with van der Waals surface area (Å²) in [4.78, 5) is 34.7. The molecule has 0 aliphatic heterocycles. The lowest BCUT2D eigenvalue weighted by atomic mass is 10.2. The van der Waals surface area contributed by atoms with Gasteiger partial charge in [0.15, 0.2) is 11.4 Å². The van der Waals surface area contributed by atoms with Crippen LogP contribution in [0, 0.1) is 0 Å². The van der Waals surface area contributed by atoms with Crippen LogP contribution < -0.4 is 5.32 Å². The van der Waals surface area contributed by atoms with Gasteiger partial charge in [-0.15, -0.1) is 6.58 Å². The van der Waals surface area contributed by atoms with Crippen LogP contribution in [0.15, 0.2) is 59.7 Å². The van der Waals surface area contributed by atoms with Crippen molar-refractivity contribution in [3.63, 3.8) is 0 Å². The Morgan fingerprint density at radius 2 is 1.97 bits per heavy atom. The Labute approximate surface area is 165 Å². The fourth-order valence-corrected chi connectivity index (χ4v) is 3.11. The molecule has 3 heterocycles. The minimum atomic E-state index is -0.598. The molecule has 0 unspecified atom stereocenters. The number of furan rings is 1. The molecule has 1 aromatic carbocycles. The number of amides is 1. The quantitative estimate of drug-likeness (QED) is 0.397. The number of rotatable bonds is 6. The van der Waals surface area contributed by atoms with Gasteiger partial charge in [-0.1, -0.05) is 18.2 Å². The van der Waals surface area contributed by atoms with Gasteiger partial charge in [0.25, 0.3) is 5.91 Å². The van der Waals surface area contributed by atoms with Gasteiger partial charge < -0.3 is 19.0 Å². The second-order valence-electron chi connectivity index (χ2n) is 6.16. The first-order chi connectivity index (χ1) is 14.1. The van der Waals surface area contributed by atoms with Crippen molar-refractivity contribution in [2.45, 2.75) is 13.5 Å². The summed E-state index contributed by atoms with van der Waals surface area (Å²) in [5.74, 6) is -0.755. The van der Waals surface area contributed by atoms with Crippen LogP contribution >= 0.6 is 0 Å². The summed E-state index contributed by atoms with van der Waals surface area (Å²) in [5.41, 5.74) is 2.23. The van der Waals surface area contributed by atoms with Crippen LogP contribution in [0.5, 0.6) is 0 Å². The first kappa shape index (κ1) is 18.4. The minimum Gasteiger partial charge on any atom is -0.462 e. The highest BCUT2D eigenvalue weighted by Gasteiger charge is 2.28. The van der Waals surface area contributed by atoms with Gasteiger partial charge in [0.05, 0.1) is 23.9 Å². The third-order valence-corrected chi connectivity index (χ3v) is 4.32. The SMILES string of the molecule is C=CCn1c(NC(=O)c2ccco2)c(C(=O)OCC)c2nc3ccccc3nc21.